The van der Waals surface area contributed by atoms with Crippen molar-refractivity contribution >= 4 is 15.9 Å². The number of aromatic amines is 1. The van der Waals surface area contributed by atoms with Crippen LogP contribution in [0.1, 0.15) is 10.4 Å². The van der Waals surface area contributed by atoms with E-state index in [2.05, 4.69) is 15.2 Å². The zero-order valence-electron chi connectivity index (χ0n) is 15.0. The van der Waals surface area contributed by atoms with Crippen LogP contribution in [0.3, 0.4) is 0 Å². The van der Waals surface area contributed by atoms with E-state index >= 15 is 0 Å². The molecule has 0 bridgehead atoms. The van der Waals surface area contributed by atoms with Gasteiger partial charge < -0.3 is 14.7 Å². The second-order valence-corrected chi connectivity index (χ2v) is 8.33. The van der Waals surface area contributed by atoms with E-state index in [4.69, 9.17) is 4.42 Å². The van der Waals surface area contributed by atoms with Crippen molar-refractivity contribution in [1.82, 2.24) is 19.5 Å². The molecule has 2 aromatic rings. The predicted octanol–water partition coefficient (Wildman–Crippen LogP) is -0.0581. The number of furan rings is 1. The molecule has 0 radical (unpaired) electrons. The molecule has 0 aliphatic carbocycles. The first-order chi connectivity index (χ1) is 12.8. The molecule has 1 amide bonds. The molecule has 1 fully saturated rings. The minimum atomic E-state index is -3.15. The Bertz CT molecular complexity index is 944. The van der Waals surface area contributed by atoms with Gasteiger partial charge in [0.05, 0.1) is 18.2 Å². The Morgan fingerprint density at radius 2 is 1.96 bits per heavy atom. The smallest absolute Gasteiger partial charge is 0.261 e. The highest BCUT2D eigenvalue weighted by molar-refractivity contribution is 7.88. The number of carbonyl (C=O) groups excluding carboxylic acids is 1. The number of pyridine rings is 1. The zero-order valence-corrected chi connectivity index (χ0v) is 15.8. The first kappa shape index (κ1) is 19.3. The minimum Gasteiger partial charge on any atom is -0.463 e. The van der Waals surface area contributed by atoms with Crippen molar-refractivity contribution in [1.29, 1.82) is 0 Å². The zero-order chi connectivity index (χ0) is 19.4. The molecule has 0 unspecified atom stereocenters. The first-order valence-corrected chi connectivity index (χ1v) is 10.4. The summed E-state index contributed by atoms with van der Waals surface area (Å²) in [6.45, 7) is 3.08. The van der Waals surface area contributed by atoms with E-state index in [1.165, 1.54) is 22.9 Å². The Hall–Kier alpha value is -2.43. The van der Waals surface area contributed by atoms with Crippen molar-refractivity contribution in [3.63, 3.8) is 0 Å². The molecule has 0 spiro atoms. The molecule has 2 N–H and O–H groups in total. The van der Waals surface area contributed by atoms with E-state index in [0.29, 0.717) is 50.7 Å². The third-order valence-electron chi connectivity index (χ3n) is 4.45. The van der Waals surface area contributed by atoms with Crippen LogP contribution in [0.5, 0.6) is 0 Å². The summed E-state index contributed by atoms with van der Waals surface area (Å²) in [5.74, 6) is 0.0734. The quantitative estimate of drug-likeness (QED) is 0.709. The molecule has 10 heteroatoms. The normalized spacial score (nSPS) is 16.3. The summed E-state index contributed by atoms with van der Waals surface area (Å²) in [5.41, 5.74) is 0.0562. The second kappa shape index (κ2) is 8.07. The molecule has 3 heterocycles. The van der Waals surface area contributed by atoms with E-state index in [-0.39, 0.29) is 5.56 Å². The van der Waals surface area contributed by atoms with Crippen LogP contribution in [0.2, 0.25) is 0 Å². The average molecular weight is 394 g/mol. The van der Waals surface area contributed by atoms with Gasteiger partial charge in [-0.05, 0) is 24.3 Å². The van der Waals surface area contributed by atoms with Crippen molar-refractivity contribution in [2.24, 2.45) is 0 Å². The molecule has 1 aliphatic rings. The van der Waals surface area contributed by atoms with Gasteiger partial charge in [0.15, 0.2) is 0 Å². The van der Waals surface area contributed by atoms with Gasteiger partial charge in [-0.1, -0.05) is 0 Å². The van der Waals surface area contributed by atoms with Crippen LogP contribution in [0.15, 0.2) is 39.7 Å². The van der Waals surface area contributed by atoms with Crippen LogP contribution >= 0.6 is 0 Å². The molecule has 146 valence electrons. The number of hydrogen-bond acceptors (Lipinski definition) is 6. The van der Waals surface area contributed by atoms with Gasteiger partial charge >= 0.3 is 0 Å². The summed E-state index contributed by atoms with van der Waals surface area (Å²) in [6, 6.07) is 6.52. The third-order valence-corrected chi connectivity index (χ3v) is 5.76. The number of hydrogen-bond donors (Lipinski definition) is 2. The number of carbonyl (C=O) groups is 1. The Morgan fingerprint density at radius 1 is 1.22 bits per heavy atom. The van der Waals surface area contributed by atoms with Crippen LogP contribution in [-0.2, 0) is 10.0 Å². The van der Waals surface area contributed by atoms with Gasteiger partial charge in [-0.3, -0.25) is 14.5 Å². The summed E-state index contributed by atoms with van der Waals surface area (Å²) in [4.78, 5) is 29.1. The molecular weight excluding hydrogens is 372 g/mol. The van der Waals surface area contributed by atoms with Crippen LogP contribution in [-0.4, -0.2) is 74.0 Å². The molecule has 27 heavy (non-hydrogen) atoms. The SMILES string of the molecule is CS(=O)(=O)N1CCN(CCNC(=O)c2ccc(-c3ccco3)[nH]c2=O)CC1. The van der Waals surface area contributed by atoms with E-state index in [1.807, 2.05) is 0 Å². The molecule has 1 aliphatic heterocycles. The molecule has 9 nitrogen and oxygen atoms in total. The molecule has 1 saturated heterocycles. The second-order valence-electron chi connectivity index (χ2n) is 6.35. The first-order valence-electron chi connectivity index (χ1n) is 8.57. The maximum absolute atomic E-state index is 12.2. The fourth-order valence-electron chi connectivity index (χ4n) is 2.94. The number of nitrogens with zero attached hydrogens (tertiary/aromatic N) is 2. The number of piperazine rings is 1. The van der Waals surface area contributed by atoms with Gasteiger partial charge in [0, 0.05) is 39.3 Å². The van der Waals surface area contributed by atoms with Gasteiger partial charge in [0.25, 0.3) is 11.5 Å². The summed E-state index contributed by atoms with van der Waals surface area (Å²) >= 11 is 0. The predicted molar refractivity (Wildman–Crippen MR) is 100.0 cm³/mol. The van der Waals surface area contributed by atoms with E-state index < -0.39 is 21.5 Å². The maximum Gasteiger partial charge on any atom is 0.261 e. The molecule has 0 aromatic carbocycles. The topological polar surface area (TPSA) is 116 Å². The van der Waals surface area contributed by atoms with Crippen molar-refractivity contribution < 1.29 is 17.6 Å². The molecular formula is C17H22N4O5S. The van der Waals surface area contributed by atoms with Gasteiger partial charge in [-0.25, -0.2) is 8.42 Å². The molecule has 0 saturated carbocycles. The van der Waals surface area contributed by atoms with Gasteiger partial charge in [0.2, 0.25) is 10.0 Å². The lowest BCUT2D eigenvalue weighted by Crippen LogP contribution is -2.50. The highest BCUT2D eigenvalue weighted by Gasteiger charge is 2.23. The number of aromatic nitrogens is 1. The number of rotatable bonds is 6. The van der Waals surface area contributed by atoms with Crippen molar-refractivity contribution in [2.75, 3.05) is 45.5 Å². The van der Waals surface area contributed by atoms with Gasteiger partial charge in [0.1, 0.15) is 11.3 Å². The molecule has 3 rings (SSSR count). The fraction of sp³-hybridized carbons (Fsp3) is 0.412. The van der Waals surface area contributed by atoms with Crippen LogP contribution in [0, 0.1) is 0 Å². The summed E-state index contributed by atoms with van der Waals surface area (Å²) < 4.78 is 29.7. The summed E-state index contributed by atoms with van der Waals surface area (Å²) in [5, 5.41) is 2.73. The largest absolute Gasteiger partial charge is 0.463 e. The average Bonchev–Trinajstić information content (AvgIpc) is 3.16. The van der Waals surface area contributed by atoms with Crippen molar-refractivity contribution in [2.45, 2.75) is 0 Å². The highest BCUT2D eigenvalue weighted by Crippen LogP contribution is 2.15. The Labute approximate surface area is 157 Å². The number of nitrogens with one attached hydrogen (secondary N) is 2. The van der Waals surface area contributed by atoms with Gasteiger partial charge in [-0.2, -0.15) is 4.31 Å². The van der Waals surface area contributed by atoms with Gasteiger partial charge in [-0.15, -0.1) is 0 Å². The van der Waals surface area contributed by atoms with E-state index in [9.17, 15) is 18.0 Å². The van der Waals surface area contributed by atoms with Crippen molar-refractivity contribution in [3.8, 4) is 11.5 Å². The fourth-order valence-corrected chi connectivity index (χ4v) is 3.76. The monoisotopic (exact) mass is 394 g/mol. The van der Waals surface area contributed by atoms with Crippen LogP contribution < -0.4 is 10.9 Å². The van der Waals surface area contributed by atoms with Crippen LogP contribution in [0.25, 0.3) is 11.5 Å². The summed E-state index contributed by atoms with van der Waals surface area (Å²) in [7, 11) is -3.15. The number of amides is 1. The lowest BCUT2D eigenvalue weighted by atomic mass is 10.2. The Balaban J connectivity index is 1.50. The van der Waals surface area contributed by atoms with Crippen LogP contribution in [0.4, 0.5) is 0 Å². The standard InChI is InChI=1S/C17H22N4O5S/c1-27(24,25)21-10-8-20(9-11-21)7-6-18-16(22)13-4-5-14(19-17(13)23)15-3-2-12-26-15/h2-5,12H,6-11H2,1H3,(H,18,22)(H,19,23). The van der Waals surface area contributed by atoms with E-state index in [1.54, 1.807) is 18.2 Å². The molecule has 2 aromatic heterocycles. The number of sulfonamides is 1. The lowest BCUT2D eigenvalue weighted by Gasteiger charge is -2.33. The number of H-pyrrole nitrogens is 1. The Morgan fingerprint density at radius 3 is 2.56 bits per heavy atom. The minimum absolute atomic E-state index is 0.0344. The summed E-state index contributed by atoms with van der Waals surface area (Å²) in [6.07, 6.45) is 2.71. The maximum atomic E-state index is 12.2. The highest BCUT2D eigenvalue weighted by atomic mass is 32.2. The lowest BCUT2D eigenvalue weighted by molar-refractivity contribution is 0.0943. The van der Waals surface area contributed by atoms with E-state index in [0.717, 1.165) is 0 Å². The third kappa shape index (κ3) is 4.85. The van der Waals surface area contributed by atoms with Crippen molar-refractivity contribution in [3.05, 3.63) is 46.4 Å². The molecule has 0 atom stereocenters. The Kier molecular flexibility index (Phi) is 5.78.